The van der Waals surface area contributed by atoms with Gasteiger partial charge in [0, 0.05) is 6.42 Å². The molecule has 0 bridgehead atoms. The molecule has 0 saturated heterocycles. The molecule has 124 valence electrons. The van der Waals surface area contributed by atoms with Crippen LogP contribution in [0.3, 0.4) is 0 Å². The van der Waals surface area contributed by atoms with Gasteiger partial charge in [-0.2, -0.15) is 0 Å². The first-order chi connectivity index (χ1) is 10.3. The highest BCUT2D eigenvalue weighted by atomic mass is 32.1. The molecular formula is C18H34O2S. The van der Waals surface area contributed by atoms with E-state index in [9.17, 15) is 4.79 Å². The van der Waals surface area contributed by atoms with Gasteiger partial charge in [0.25, 0.3) is 0 Å². The van der Waals surface area contributed by atoms with Gasteiger partial charge in [0.1, 0.15) is 0 Å². The monoisotopic (exact) mass is 314 g/mol. The van der Waals surface area contributed by atoms with Gasteiger partial charge in [-0.1, -0.05) is 89.3 Å². The summed E-state index contributed by atoms with van der Waals surface area (Å²) in [6.07, 6.45) is 19.5. The Kier molecular flexibility index (Phi) is 17.2. The molecule has 0 aliphatic heterocycles. The molecule has 0 amide bonds. The second-order valence-corrected chi connectivity index (χ2v) is 6.38. The topological polar surface area (TPSA) is 37.3 Å². The van der Waals surface area contributed by atoms with Crippen LogP contribution in [0.5, 0.6) is 0 Å². The van der Waals surface area contributed by atoms with Gasteiger partial charge in [0.2, 0.25) is 0 Å². The molecule has 0 aromatic carbocycles. The van der Waals surface area contributed by atoms with Crippen LogP contribution in [0.25, 0.3) is 0 Å². The molecule has 0 fully saturated rings. The molecule has 0 rings (SSSR count). The fraction of sp³-hybridized carbons (Fsp3) is 0.889. The highest BCUT2D eigenvalue weighted by Gasteiger charge is 1.97. The van der Waals surface area contributed by atoms with Crippen molar-refractivity contribution in [1.82, 2.24) is 0 Å². The van der Waals surface area contributed by atoms with Crippen LogP contribution in [0.15, 0.2) is 0 Å². The van der Waals surface area contributed by atoms with Crippen molar-refractivity contribution in [2.45, 2.75) is 103 Å². The maximum Gasteiger partial charge on any atom is 0.303 e. The summed E-state index contributed by atoms with van der Waals surface area (Å²) < 4.78 is 0. The van der Waals surface area contributed by atoms with E-state index in [0.29, 0.717) is 6.42 Å². The Morgan fingerprint density at radius 2 is 1.00 bits per heavy atom. The number of thiocarbonyl (C=S) groups is 1. The third-order valence-corrected chi connectivity index (χ3v) is 4.20. The molecule has 1 N–H and O–H groups in total. The van der Waals surface area contributed by atoms with E-state index in [1.807, 2.05) is 5.37 Å². The molecule has 0 unspecified atom stereocenters. The lowest BCUT2D eigenvalue weighted by molar-refractivity contribution is -0.137. The summed E-state index contributed by atoms with van der Waals surface area (Å²) in [5.74, 6) is -0.659. The van der Waals surface area contributed by atoms with Gasteiger partial charge >= 0.3 is 5.97 Å². The average molecular weight is 315 g/mol. The number of aliphatic carboxylic acids is 1. The first-order valence-electron chi connectivity index (χ1n) is 8.93. The molecule has 0 aromatic heterocycles. The minimum atomic E-state index is -0.659. The summed E-state index contributed by atoms with van der Waals surface area (Å²) >= 11 is 4.81. The fourth-order valence-electron chi connectivity index (χ4n) is 2.63. The predicted octanol–water partition coefficient (Wildman–Crippen LogP) is 6.31. The predicted molar refractivity (Wildman–Crippen MR) is 95.2 cm³/mol. The fourth-order valence-corrected chi connectivity index (χ4v) is 2.79. The minimum absolute atomic E-state index is 0.339. The zero-order valence-electron chi connectivity index (χ0n) is 13.7. The zero-order valence-corrected chi connectivity index (χ0v) is 14.5. The van der Waals surface area contributed by atoms with Crippen LogP contribution in [0.4, 0.5) is 0 Å². The Bertz CT molecular complexity index is 241. The van der Waals surface area contributed by atoms with Gasteiger partial charge in [0.15, 0.2) is 0 Å². The first kappa shape index (κ1) is 20.6. The molecule has 2 nitrogen and oxygen atoms in total. The van der Waals surface area contributed by atoms with E-state index < -0.39 is 5.97 Å². The van der Waals surface area contributed by atoms with Crippen LogP contribution in [0.2, 0.25) is 0 Å². The number of carboxylic acid groups (broad SMARTS) is 1. The third kappa shape index (κ3) is 19.6. The van der Waals surface area contributed by atoms with Crippen molar-refractivity contribution in [3.05, 3.63) is 0 Å². The van der Waals surface area contributed by atoms with E-state index in [2.05, 4.69) is 0 Å². The maximum absolute atomic E-state index is 10.3. The smallest absolute Gasteiger partial charge is 0.303 e. The quantitative estimate of drug-likeness (QED) is 0.252. The molecule has 21 heavy (non-hydrogen) atoms. The summed E-state index contributed by atoms with van der Waals surface area (Å²) in [5.41, 5.74) is 0. The highest BCUT2D eigenvalue weighted by Crippen LogP contribution is 2.13. The summed E-state index contributed by atoms with van der Waals surface area (Å²) in [7, 11) is 0. The number of hydrogen-bond donors (Lipinski definition) is 1. The number of unbranched alkanes of at least 4 members (excludes halogenated alkanes) is 14. The Morgan fingerprint density at radius 3 is 1.33 bits per heavy atom. The van der Waals surface area contributed by atoms with Crippen LogP contribution in [-0.4, -0.2) is 16.4 Å². The van der Waals surface area contributed by atoms with E-state index >= 15 is 0 Å². The van der Waals surface area contributed by atoms with Crippen molar-refractivity contribution in [2.24, 2.45) is 0 Å². The van der Waals surface area contributed by atoms with Crippen molar-refractivity contribution in [3.8, 4) is 0 Å². The van der Waals surface area contributed by atoms with Crippen LogP contribution < -0.4 is 0 Å². The molecule has 3 heteroatoms. The lowest BCUT2D eigenvalue weighted by Crippen LogP contribution is -1.93. The number of hydrogen-bond acceptors (Lipinski definition) is 2. The van der Waals surface area contributed by atoms with Crippen LogP contribution in [0.1, 0.15) is 103 Å². The summed E-state index contributed by atoms with van der Waals surface area (Å²) in [6, 6.07) is 0. The Morgan fingerprint density at radius 1 is 0.667 bits per heavy atom. The van der Waals surface area contributed by atoms with E-state index in [1.54, 1.807) is 0 Å². The minimum Gasteiger partial charge on any atom is -0.481 e. The standard InChI is InChI=1S/C18H34O2S/c19-18(20)16-14-12-10-8-6-4-2-1-3-5-7-9-11-13-15-17-21/h17H,1-16H2,(H,19,20). The van der Waals surface area contributed by atoms with Crippen molar-refractivity contribution in [1.29, 1.82) is 0 Å². The van der Waals surface area contributed by atoms with Crippen molar-refractivity contribution >= 4 is 23.6 Å². The Hall–Kier alpha value is -0.440. The van der Waals surface area contributed by atoms with Crippen LogP contribution in [-0.2, 0) is 4.79 Å². The molecule has 0 aliphatic carbocycles. The molecule has 0 saturated carbocycles. The van der Waals surface area contributed by atoms with Gasteiger partial charge in [-0.3, -0.25) is 4.79 Å². The summed E-state index contributed by atoms with van der Waals surface area (Å²) in [4.78, 5) is 10.3. The van der Waals surface area contributed by atoms with Gasteiger partial charge in [0.05, 0.1) is 0 Å². The second-order valence-electron chi connectivity index (χ2n) is 6.05. The summed E-state index contributed by atoms with van der Waals surface area (Å²) in [5, 5.41) is 10.4. The molecule has 0 aliphatic rings. The number of carbonyl (C=O) groups is 1. The highest BCUT2D eigenvalue weighted by molar-refractivity contribution is 7.78. The van der Waals surface area contributed by atoms with E-state index in [-0.39, 0.29) is 0 Å². The molecule has 0 radical (unpaired) electrons. The van der Waals surface area contributed by atoms with Crippen LogP contribution in [0, 0.1) is 0 Å². The summed E-state index contributed by atoms with van der Waals surface area (Å²) in [6.45, 7) is 0. The van der Waals surface area contributed by atoms with E-state index in [1.165, 1.54) is 77.0 Å². The normalized spacial score (nSPS) is 10.7. The van der Waals surface area contributed by atoms with E-state index in [4.69, 9.17) is 17.3 Å². The van der Waals surface area contributed by atoms with E-state index in [0.717, 1.165) is 19.3 Å². The van der Waals surface area contributed by atoms with Gasteiger partial charge in [-0.15, -0.1) is 0 Å². The number of rotatable bonds is 17. The molecule has 0 heterocycles. The SMILES string of the molecule is O=C(O)CCCCCCCCCCCCCCCCC=S. The molecular weight excluding hydrogens is 280 g/mol. The largest absolute Gasteiger partial charge is 0.481 e. The second kappa shape index (κ2) is 17.6. The van der Waals surface area contributed by atoms with Crippen LogP contribution >= 0.6 is 12.2 Å². The number of carboxylic acids is 1. The Balaban J connectivity index is 2.96. The molecule has 0 spiro atoms. The lowest BCUT2D eigenvalue weighted by Gasteiger charge is -2.03. The first-order valence-corrected chi connectivity index (χ1v) is 9.40. The molecule has 0 atom stereocenters. The zero-order chi connectivity index (χ0) is 15.6. The van der Waals surface area contributed by atoms with Gasteiger partial charge < -0.3 is 5.11 Å². The van der Waals surface area contributed by atoms with Crippen molar-refractivity contribution in [3.63, 3.8) is 0 Å². The van der Waals surface area contributed by atoms with Crippen molar-refractivity contribution < 1.29 is 9.90 Å². The van der Waals surface area contributed by atoms with Crippen molar-refractivity contribution in [2.75, 3.05) is 0 Å². The lowest BCUT2D eigenvalue weighted by atomic mass is 10.0. The Labute approximate surface area is 136 Å². The maximum atomic E-state index is 10.3. The molecule has 0 aromatic rings. The van der Waals surface area contributed by atoms with Gasteiger partial charge in [-0.05, 0) is 24.6 Å². The van der Waals surface area contributed by atoms with Gasteiger partial charge in [-0.25, -0.2) is 0 Å². The average Bonchev–Trinajstić information content (AvgIpc) is 2.46. The third-order valence-electron chi connectivity index (χ3n) is 3.96.